The van der Waals surface area contributed by atoms with Gasteiger partial charge in [-0.1, -0.05) is 0 Å². The molecular weight excluding hydrogens is 302 g/mol. The number of morpholine rings is 1. The Morgan fingerprint density at radius 2 is 1.96 bits per heavy atom. The molecular formula is C18H23N5O. The van der Waals surface area contributed by atoms with Crippen molar-refractivity contribution in [2.45, 2.75) is 24.8 Å². The van der Waals surface area contributed by atoms with Crippen LogP contribution in [-0.4, -0.2) is 52.7 Å². The fraction of sp³-hybridized carbons (Fsp3) is 0.500. The number of hydrogen-bond acceptors (Lipinski definition) is 6. The third-order valence-electron chi connectivity index (χ3n) is 4.74. The summed E-state index contributed by atoms with van der Waals surface area (Å²) >= 11 is 0. The third-order valence-corrected chi connectivity index (χ3v) is 4.74. The molecule has 2 aromatic heterocycles. The largest absolute Gasteiger partial charge is 0.379 e. The summed E-state index contributed by atoms with van der Waals surface area (Å²) < 4.78 is 5.50. The first kappa shape index (κ1) is 15.5. The van der Waals surface area contributed by atoms with Gasteiger partial charge < -0.3 is 10.1 Å². The molecule has 2 fully saturated rings. The minimum Gasteiger partial charge on any atom is -0.379 e. The van der Waals surface area contributed by atoms with Crippen LogP contribution in [0.3, 0.4) is 0 Å². The van der Waals surface area contributed by atoms with E-state index in [2.05, 4.69) is 43.4 Å². The Morgan fingerprint density at radius 3 is 2.71 bits per heavy atom. The average Bonchev–Trinajstić information content (AvgIpc) is 3.49. The summed E-state index contributed by atoms with van der Waals surface area (Å²) in [5, 5.41) is 3.51. The molecule has 6 heteroatoms. The van der Waals surface area contributed by atoms with Gasteiger partial charge >= 0.3 is 0 Å². The molecule has 1 aliphatic carbocycles. The highest BCUT2D eigenvalue weighted by Crippen LogP contribution is 2.39. The predicted octanol–water partition coefficient (Wildman–Crippen LogP) is 2.23. The fourth-order valence-corrected chi connectivity index (χ4v) is 3.21. The van der Waals surface area contributed by atoms with Crippen LogP contribution in [0.5, 0.6) is 0 Å². The van der Waals surface area contributed by atoms with E-state index in [1.807, 2.05) is 12.4 Å². The van der Waals surface area contributed by atoms with Crippen LogP contribution in [0, 0.1) is 0 Å². The van der Waals surface area contributed by atoms with Crippen molar-refractivity contribution in [3.63, 3.8) is 0 Å². The van der Waals surface area contributed by atoms with Gasteiger partial charge in [0.25, 0.3) is 0 Å². The lowest BCUT2D eigenvalue weighted by atomic mass is 10.1. The summed E-state index contributed by atoms with van der Waals surface area (Å²) in [4.78, 5) is 15.4. The minimum absolute atomic E-state index is 0.288. The van der Waals surface area contributed by atoms with Crippen molar-refractivity contribution >= 4 is 5.82 Å². The highest BCUT2D eigenvalue weighted by molar-refractivity contribution is 5.37. The van der Waals surface area contributed by atoms with Crippen LogP contribution in [0.1, 0.15) is 36.1 Å². The molecule has 1 saturated heterocycles. The number of rotatable bonds is 6. The lowest BCUT2D eigenvalue weighted by molar-refractivity contribution is 0.0187. The maximum Gasteiger partial charge on any atom is 0.129 e. The van der Waals surface area contributed by atoms with Crippen LogP contribution in [-0.2, 0) is 4.74 Å². The van der Waals surface area contributed by atoms with Crippen LogP contribution >= 0.6 is 0 Å². The first-order valence-corrected chi connectivity index (χ1v) is 8.68. The van der Waals surface area contributed by atoms with Gasteiger partial charge in [-0.25, -0.2) is 9.97 Å². The van der Waals surface area contributed by atoms with Crippen LogP contribution in [0.25, 0.3) is 0 Å². The van der Waals surface area contributed by atoms with Gasteiger partial charge in [-0.3, -0.25) is 9.88 Å². The maximum atomic E-state index is 5.50. The van der Waals surface area contributed by atoms with Gasteiger partial charge in [0.05, 0.1) is 19.3 Å². The molecule has 1 aliphatic heterocycles. The van der Waals surface area contributed by atoms with Crippen molar-refractivity contribution in [2.75, 3.05) is 38.2 Å². The molecule has 0 spiro atoms. The van der Waals surface area contributed by atoms with E-state index in [-0.39, 0.29) is 6.04 Å². The lowest BCUT2D eigenvalue weighted by Gasteiger charge is -2.35. The number of nitrogens with zero attached hydrogens (tertiary/aromatic N) is 4. The quantitative estimate of drug-likeness (QED) is 0.879. The highest BCUT2D eigenvalue weighted by atomic mass is 16.5. The van der Waals surface area contributed by atoms with E-state index in [0.717, 1.165) is 38.7 Å². The van der Waals surface area contributed by atoms with Crippen molar-refractivity contribution in [1.82, 2.24) is 19.9 Å². The van der Waals surface area contributed by atoms with E-state index >= 15 is 0 Å². The molecule has 1 saturated carbocycles. The lowest BCUT2D eigenvalue weighted by Crippen LogP contribution is -2.41. The molecule has 0 radical (unpaired) electrons. The van der Waals surface area contributed by atoms with Crippen molar-refractivity contribution in [3.8, 4) is 0 Å². The van der Waals surface area contributed by atoms with Crippen LogP contribution in [0.4, 0.5) is 5.82 Å². The van der Waals surface area contributed by atoms with Gasteiger partial charge in [0.2, 0.25) is 0 Å². The molecule has 2 aromatic rings. The number of ether oxygens (including phenoxy) is 1. The molecule has 2 aliphatic rings. The van der Waals surface area contributed by atoms with Gasteiger partial charge in [0.15, 0.2) is 0 Å². The van der Waals surface area contributed by atoms with E-state index in [9.17, 15) is 0 Å². The monoisotopic (exact) mass is 325 g/mol. The SMILES string of the molecule is c1cc(C(CNc2cc(C3CC3)ncn2)N2CCOCC2)ccn1. The van der Waals surface area contributed by atoms with Gasteiger partial charge in [0, 0.05) is 49.7 Å². The summed E-state index contributed by atoms with van der Waals surface area (Å²) in [5.74, 6) is 1.56. The van der Waals surface area contributed by atoms with E-state index in [4.69, 9.17) is 4.74 Å². The van der Waals surface area contributed by atoms with Gasteiger partial charge in [-0.15, -0.1) is 0 Å². The second-order valence-electron chi connectivity index (χ2n) is 6.43. The molecule has 0 bridgehead atoms. The normalized spacial score (nSPS) is 19.8. The topological polar surface area (TPSA) is 63.2 Å². The summed E-state index contributed by atoms with van der Waals surface area (Å²) in [6.45, 7) is 4.30. The fourth-order valence-electron chi connectivity index (χ4n) is 3.21. The first-order chi connectivity index (χ1) is 11.9. The van der Waals surface area contributed by atoms with E-state index in [1.165, 1.54) is 24.1 Å². The number of nitrogens with one attached hydrogen (secondary N) is 1. The standard InChI is InChI=1S/C18H23N5O/c1-2-14(1)16-11-18(22-13-21-16)20-12-17(15-3-5-19-6-4-15)23-7-9-24-10-8-23/h3-6,11,13-14,17H,1-2,7-10,12H2,(H,20,21,22). The Morgan fingerprint density at radius 1 is 1.17 bits per heavy atom. The Labute approximate surface area is 142 Å². The molecule has 0 amide bonds. The second kappa shape index (κ2) is 7.23. The van der Waals surface area contributed by atoms with Crippen LogP contribution in [0.2, 0.25) is 0 Å². The Balaban J connectivity index is 1.48. The predicted molar refractivity (Wildman–Crippen MR) is 91.9 cm³/mol. The molecule has 3 heterocycles. The zero-order chi connectivity index (χ0) is 16.2. The van der Waals surface area contributed by atoms with Crippen molar-refractivity contribution in [1.29, 1.82) is 0 Å². The first-order valence-electron chi connectivity index (χ1n) is 8.68. The molecule has 4 rings (SSSR count). The summed E-state index contributed by atoms with van der Waals surface area (Å²) in [6, 6.07) is 6.58. The molecule has 0 aromatic carbocycles. The molecule has 1 atom stereocenters. The Kier molecular flexibility index (Phi) is 4.66. The van der Waals surface area contributed by atoms with Crippen molar-refractivity contribution in [3.05, 3.63) is 48.2 Å². The van der Waals surface area contributed by atoms with E-state index in [0.29, 0.717) is 5.92 Å². The number of hydrogen-bond donors (Lipinski definition) is 1. The van der Waals surface area contributed by atoms with Gasteiger partial charge in [0.1, 0.15) is 12.1 Å². The molecule has 1 unspecified atom stereocenters. The number of anilines is 1. The van der Waals surface area contributed by atoms with E-state index < -0.39 is 0 Å². The summed E-state index contributed by atoms with van der Waals surface area (Å²) in [5.41, 5.74) is 2.44. The minimum atomic E-state index is 0.288. The Bertz CT molecular complexity index is 655. The second-order valence-corrected chi connectivity index (χ2v) is 6.43. The average molecular weight is 325 g/mol. The third kappa shape index (κ3) is 3.71. The molecule has 1 N–H and O–H groups in total. The van der Waals surface area contributed by atoms with Gasteiger partial charge in [-0.05, 0) is 30.5 Å². The van der Waals surface area contributed by atoms with Gasteiger partial charge in [-0.2, -0.15) is 0 Å². The smallest absolute Gasteiger partial charge is 0.129 e. The molecule has 24 heavy (non-hydrogen) atoms. The summed E-state index contributed by atoms with van der Waals surface area (Å²) in [6.07, 6.45) is 7.90. The van der Waals surface area contributed by atoms with Crippen LogP contribution in [0.15, 0.2) is 36.9 Å². The zero-order valence-electron chi connectivity index (χ0n) is 13.8. The number of aromatic nitrogens is 3. The van der Waals surface area contributed by atoms with Crippen molar-refractivity contribution in [2.24, 2.45) is 0 Å². The molecule has 126 valence electrons. The Hall–Kier alpha value is -2.05. The van der Waals surface area contributed by atoms with Crippen LogP contribution < -0.4 is 5.32 Å². The highest BCUT2D eigenvalue weighted by Gasteiger charge is 2.26. The zero-order valence-corrected chi connectivity index (χ0v) is 13.8. The number of pyridine rings is 1. The van der Waals surface area contributed by atoms with E-state index in [1.54, 1.807) is 6.33 Å². The van der Waals surface area contributed by atoms with Crippen molar-refractivity contribution < 1.29 is 4.74 Å². The maximum absolute atomic E-state index is 5.50. The molecule has 6 nitrogen and oxygen atoms in total. The summed E-state index contributed by atoms with van der Waals surface area (Å²) in [7, 11) is 0.